The van der Waals surface area contributed by atoms with Gasteiger partial charge in [-0.1, -0.05) is 255 Å². The van der Waals surface area contributed by atoms with Crippen LogP contribution in [0, 0.1) is 0 Å². The number of hydrogen-bond donors (Lipinski definition) is 7. The minimum absolute atomic E-state index is 0.134. The van der Waals surface area contributed by atoms with Crippen LogP contribution in [0.1, 0.15) is 297 Å². The Labute approximate surface area is 527 Å². The molecule has 0 bridgehead atoms. The van der Waals surface area contributed by atoms with Crippen molar-refractivity contribution in [2.45, 2.75) is 328 Å². The zero-order chi connectivity index (χ0) is 61.2. The molecule has 13 nitrogen and oxygen atoms in total. The molecule has 7 N–H and O–H groups in total. The van der Waals surface area contributed by atoms with Gasteiger partial charge in [-0.25, -0.2) is 0 Å². The summed E-state index contributed by atoms with van der Waals surface area (Å²) in [5, 5.41) is 60.3. The van der Waals surface area contributed by atoms with Gasteiger partial charge in [-0.3, -0.25) is 24.3 Å². The van der Waals surface area contributed by atoms with Crippen LogP contribution in [0.5, 0.6) is 0 Å². The van der Waals surface area contributed by atoms with Crippen LogP contribution in [0.15, 0.2) is 0 Å². The molecule has 15 heteroatoms. The lowest BCUT2D eigenvalue weighted by molar-refractivity contribution is -0.129. The van der Waals surface area contributed by atoms with E-state index in [9.17, 15) is 35.1 Å². The smallest absolute Gasteiger partial charge is 0.242 e. The minimum Gasteiger partial charge on any atom is -0.395 e. The summed E-state index contributed by atoms with van der Waals surface area (Å²) in [5.41, 5.74) is 0. The average molecular weight is 1230 g/mol. The van der Waals surface area contributed by atoms with Gasteiger partial charge in [0.15, 0.2) is 0 Å². The van der Waals surface area contributed by atoms with Crippen molar-refractivity contribution >= 4 is 33.4 Å². The second-order valence-electron chi connectivity index (χ2n) is 25.6. The van der Waals surface area contributed by atoms with Gasteiger partial charge in [0.25, 0.3) is 0 Å². The molecule has 0 spiro atoms. The number of aliphatic hydroxyl groups is 5. The molecule has 1 fully saturated rings. The van der Waals surface area contributed by atoms with E-state index in [1.807, 2.05) is 10.8 Å². The Bertz CT molecular complexity index is 1350. The number of nitrogens with zero attached hydrogens (tertiary/aromatic N) is 4. The number of β-amino-alcohol motifs (C(OH)–C–C–N with tert-alkyl or cyclic N) is 1. The number of amides is 2. The van der Waals surface area contributed by atoms with E-state index in [-0.39, 0.29) is 37.0 Å². The van der Waals surface area contributed by atoms with E-state index in [2.05, 4.69) is 57.9 Å². The van der Waals surface area contributed by atoms with Crippen molar-refractivity contribution in [1.82, 2.24) is 30.2 Å². The molecule has 1 aliphatic heterocycles. The third-order valence-electron chi connectivity index (χ3n) is 17.3. The van der Waals surface area contributed by atoms with Gasteiger partial charge in [0.2, 0.25) is 11.8 Å². The first kappa shape index (κ1) is 81.3. The molecule has 84 heavy (non-hydrogen) atoms. The number of hydrogen-bond acceptors (Lipinski definition) is 13. The quantitative estimate of drug-likeness (QED) is 0.0227. The van der Waals surface area contributed by atoms with Crippen LogP contribution in [-0.4, -0.2) is 191 Å². The molecule has 0 radical (unpaired) electrons. The highest BCUT2D eigenvalue weighted by molar-refractivity contribution is 8.76. The van der Waals surface area contributed by atoms with Gasteiger partial charge < -0.3 is 41.1 Å². The fraction of sp³-hybridized carbons (Fsp3) is 0.971. The summed E-state index contributed by atoms with van der Waals surface area (Å²) in [5.74, 6) is 1.42. The topological polar surface area (TPSA) is 172 Å². The Balaban J connectivity index is 2.83. The van der Waals surface area contributed by atoms with Crippen molar-refractivity contribution in [3.63, 3.8) is 0 Å². The molecule has 5 unspecified atom stereocenters. The largest absolute Gasteiger partial charge is 0.395 e. The monoisotopic (exact) mass is 1230 g/mol. The summed E-state index contributed by atoms with van der Waals surface area (Å²) < 4.78 is 0. The van der Waals surface area contributed by atoms with Gasteiger partial charge in [0.05, 0.1) is 31.0 Å². The fourth-order valence-electron chi connectivity index (χ4n) is 11.9. The predicted octanol–water partition coefficient (Wildman–Crippen LogP) is 14.1. The van der Waals surface area contributed by atoms with Gasteiger partial charge in [-0.2, -0.15) is 0 Å². The number of piperazine rings is 1. The zero-order valence-corrected chi connectivity index (χ0v) is 57.2. The van der Waals surface area contributed by atoms with Gasteiger partial charge in [0, 0.05) is 83.4 Å². The zero-order valence-electron chi connectivity index (χ0n) is 55.6. The summed E-state index contributed by atoms with van der Waals surface area (Å²) in [4.78, 5) is 36.7. The Morgan fingerprint density at radius 2 is 0.762 bits per heavy atom. The lowest BCUT2D eigenvalue weighted by atomic mass is 10.0. The average Bonchev–Trinajstić information content (AvgIpc) is 3.50. The number of aliphatic hydroxyl groups excluding tert-OH is 5. The molecule has 500 valence electrons. The summed E-state index contributed by atoms with van der Waals surface area (Å²) in [6.45, 7) is 18.9. The number of nitrogens with one attached hydrogen (secondary N) is 2. The van der Waals surface area contributed by atoms with E-state index in [1.165, 1.54) is 167 Å². The van der Waals surface area contributed by atoms with Gasteiger partial charge in [-0.15, -0.1) is 0 Å². The van der Waals surface area contributed by atoms with E-state index < -0.39 is 18.2 Å². The lowest BCUT2D eigenvalue weighted by Crippen LogP contribution is -2.49. The van der Waals surface area contributed by atoms with Crippen LogP contribution in [0.4, 0.5) is 0 Å². The standard InChI is InChI=1S/C69H140N6O7S2/c1-5-9-13-17-21-25-29-33-41-63(77)59-74(60-64(78)42-34-30-26-22-18-14-10-6-2)48-37-38-57-83-84-58-46-67(69(82)70-47-40-50-72-51-53-73(54-52-72)55-56-76)71-68(81)45-39-49-75(61-65(79)43-35-31-27-23-19-15-11-7-3)62-66(80)44-36-32-28-24-20-16-12-8-4/h63-67,76-80H,5-62H2,1-4H3,(H,70,82)(H,71,81). The van der Waals surface area contributed by atoms with Gasteiger partial charge in [0.1, 0.15) is 6.04 Å². The van der Waals surface area contributed by atoms with E-state index in [1.54, 1.807) is 10.8 Å². The first-order valence-electron chi connectivity index (χ1n) is 36.1. The van der Waals surface area contributed by atoms with E-state index in [0.717, 1.165) is 134 Å². The molecule has 0 aromatic carbocycles. The summed E-state index contributed by atoms with van der Waals surface area (Å²) in [6.07, 6.45) is 45.4. The number of carbonyl (C=O) groups is 2. The summed E-state index contributed by atoms with van der Waals surface area (Å²) >= 11 is 0. The number of rotatable bonds is 65. The third kappa shape index (κ3) is 52.1. The van der Waals surface area contributed by atoms with Crippen molar-refractivity contribution < 1.29 is 35.1 Å². The second-order valence-corrected chi connectivity index (χ2v) is 28.3. The van der Waals surface area contributed by atoms with Crippen molar-refractivity contribution in [1.29, 1.82) is 0 Å². The molecule has 0 aromatic heterocycles. The third-order valence-corrected chi connectivity index (χ3v) is 19.9. The molecule has 0 saturated carbocycles. The Morgan fingerprint density at radius 3 is 1.14 bits per heavy atom. The summed E-state index contributed by atoms with van der Waals surface area (Å²) in [6, 6.07) is -0.631. The van der Waals surface area contributed by atoms with Crippen molar-refractivity contribution in [3.8, 4) is 0 Å². The first-order chi connectivity index (χ1) is 41.0. The molecular formula is C69H140N6O7S2. The molecule has 0 aliphatic carbocycles. The van der Waals surface area contributed by atoms with Crippen molar-refractivity contribution in [2.24, 2.45) is 0 Å². The molecule has 1 rings (SSSR count). The number of unbranched alkanes of at least 4 members (excludes halogenated alkanes) is 29. The lowest BCUT2D eigenvalue weighted by Gasteiger charge is -2.34. The maximum atomic E-state index is 13.8. The normalized spacial score (nSPS) is 15.3. The van der Waals surface area contributed by atoms with Crippen LogP contribution < -0.4 is 10.6 Å². The van der Waals surface area contributed by atoms with Crippen LogP contribution in [-0.2, 0) is 9.59 Å². The Kier molecular flexibility index (Phi) is 59.2. The van der Waals surface area contributed by atoms with Crippen LogP contribution in [0.2, 0.25) is 0 Å². The van der Waals surface area contributed by atoms with Gasteiger partial charge in [-0.05, 0) is 77.4 Å². The van der Waals surface area contributed by atoms with Crippen molar-refractivity contribution in [2.75, 3.05) is 103 Å². The van der Waals surface area contributed by atoms with Crippen molar-refractivity contribution in [3.05, 3.63) is 0 Å². The number of carbonyl (C=O) groups excluding carboxylic acids is 2. The maximum Gasteiger partial charge on any atom is 0.242 e. The highest BCUT2D eigenvalue weighted by Crippen LogP contribution is 2.25. The molecule has 0 aromatic rings. The fourth-order valence-corrected chi connectivity index (χ4v) is 14.2. The Morgan fingerprint density at radius 1 is 0.417 bits per heavy atom. The molecule has 1 aliphatic rings. The highest BCUT2D eigenvalue weighted by atomic mass is 33.1. The summed E-state index contributed by atoms with van der Waals surface area (Å²) in [7, 11) is 3.58. The molecule has 2 amide bonds. The molecule has 5 atom stereocenters. The first-order valence-corrected chi connectivity index (χ1v) is 38.6. The van der Waals surface area contributed by atoms with E-state index in [4.69, 9.17) is 0 Å². The van der Waals surface area contributed by atoms with Crippen LogP contribution in [0.25, 0.3) is 0 Å². The molecule has 1 saturated heterocycles. The van der Waals surface area contributed by atoms with Crippen LogP contribution >= 0.6 is 21.6 Å². The SMILES string of the molecule is CCCCCCCCCCC(O)CN(CCCCSSCCC(NC(=O)CCCN(CC(O)CCCCCCCCCC)CC(O)CCCCCCCCCC)C(=O)NCCCN1CCN(CCO)CC1)CC(O)CCCCCCCCCC. The van der Waals surface area contributed by atoms with Gasteiger partial charge >= 0.3 is 0 Å². The molecule has 1 heterocycles. The predicted molar refractivity (Wildman–Crippen MR) is 363 cm³/mol. The maximum absolute atomic E-state index is 13.8. The van der Waals surface area contributed by atoms with E-state index >= 15 is 0 Å². The Hall–Kier alpha value is -0.720. The molecular weight excluding hydrogens is 1090 g/mol. The van der Waals surface area contributed by atoms with E-state index in [0.29, 0.717) is 58.7 Å². The minimum atomic E-state index is -0.631. The second kappa shape index (κ2) is 61.2. The highest BCUT2D eigenvalue weighted by Gasteiger charge is 2.23. The van der Waals surface area contributed by atoms with Crippen LogP contribution in [0.3, 0.4) is 0 Å².